The Balaban J connectivity index is 1.89. The molecule has 1 aliphatic rings. The maximum absolute atomic E-state index is 8.84. The fourth-order valence-electron chi connectivity index (χ4n) is 2.40. The number of benzene rings is 1. The number of aryl methyl sites for hydroxylation is 1. The summed E-state index contributed by atoms with van der Waals surface area (Å²) in [6.07, 6.45) is 2.66. The molecule has 1 aliphatic heterocycles. The minimum atomic E-state index is 0.417. The third-order valence-electron chi connectivity index (χ3n) is 3.59. The Hall–Kier alpha value is -0.980. The Morgan fingerprint density at radius 2 is 2.33 bits per heavy atom. The second-order valence-electron chi connectivity index (χ2n) is 5.26. The van der Waals surface area contributed by atoms with E-state index in [4.69, 9.17) is 5.26 Å². The largest absolute Gasteiger partial charge is 0.311 e. The summed E-state index contributed by atoms with van der Waals surface area (Å²) in [4.78, 5) is 0. The van der Waals surface area contributed by atoms with Crippen LogP contribution in [0, 0.1) is 18.3 Å². The maximum Gasteiger partial charge on any atom is 0.0991 e. The monoisotopic (exact) mass is 260 g/mol. The molecule has 3 heteroatoms. The van der Waals surface area contributed by atoms with Gasteiger partial charge in [0.2, 0.25) is 0 Å². The molecule has 0 spiro atoms. The average Bonchev–Trinajstić information content (AvgIpc) is 2.78. The first kappa shape index (κ1) is 13.5. The lowest BCUT2D eigenvalue weighted by molar-refractivity contribution is 0.536. The molecule has 1 N–H and O–H groups in total. The molecule has 1 aromatic carbocycles. The number of hydrogen-bond donors (Lipinski definition) is 1. The number of rotatable bonds is 4. The molecular weight excluding hydrogens is 240 g/mol. The van der Waals surface area contributed by atoms with Crippen LogP contribution in [0.5, 0.6) is 0 Å². The van der Waals surface area contributed by atoms with E-state index < -0.39 is 0 Å². The van der Waals surface area contributed by atoms with Gasteiger partial charge in [-0.15, -0.1) is 0 Å². The Kier molecular flexibility index (Phi) is 4.31. The summed E-state index contributed by atoms with van der Waals surface area (Å²) in [5.41, 5.74) is 3.24. The van der Waals surface area contributed by atoms with Gasteiger partial charge in [0, 0.05) is 17.8 Å². The van der Waals surface area contributed by atoms with Gasteiger partial charge in [-0.3, -0.25) is 0 Å². The van der Waals surface area contributed by atoms with Gasteiger partial charge in [0.25, 0.3) is 0 Å². The number of thioether (sulfide) groups is 1. The van der Waals surface area contributed by atoms with Crippen LogP contribution in [0.4, 0.5) is 0 Å². The molecule has 0 aromatic heterocycles. The minimum absolute atomic E-state index is 0.417. The molecule has 1 heterocycles. The van der Waals surface area contributed by atoms with Crippen LogP contribution in [-0.2, 0) is 6.54 Å². The zero-order chi connectivity index (χ0) is 13.0. The van der Waals surface area contributed by atoms with Gasteiger partial charge < -0.3 is 5.32 Å². The lowest BCUT2D eigenvalue weighted by Crippen LogP contribution is -2.32. The second kappa shape index (κ2) is 5.77. The van der Waals surface area contributed by atoms with Crippen LogP contribution in [0.25, 0.3) is 0 Å². The minimum Gasteiger partial charge on any atom is -0.311 e. The first-order valence-corrected chi connectivity index (χ1v) is 7.46. The highest BCUT2D eigenvalue weighted by molar-refractivity contribution is 8.00. The van der Waals surface area contributed by atoms with E-state index in [-0.39, 0.29) is 0 Å². The molecule has 1 atom stereocenters. The van der Waals surface area contributed by atoms with Crippen LogP contribution in [0.1, 0.15) is 36.5 Å². The number of hydrogen-bond acceptors (Lipinski definition) is 3. The molecule has 0 aliphatic carbocycles. The van der Waals surface area contributed by atoms with Gasteiger partial charge in [0.1, 0.15) is 0 Å². The molecule has 1 unspecified atom stereocenters. The van der Waals surface area contributed by atoms with Gasteiger partial charge in [-0.25, -0.2) is 0 Å². The van der Waals surface area contributed by atoms with Crippen molar-refractivity contribution in [2.45, 2.75) is 38.0 Å². The van der Waals surface area contributed by atoms with Crippen molar-refractivity contribution >= 4 is 11.8 Å². The normalized spacial score (nSPS) is 22.9. The van der Waals surface area contributed by atoms with Gasteiger partial charge in [-0.1, -0.05) is 6.07 Å². The van der Waals surface area contributed by atoms with E-state index in [0.717, 1.165) is 18.7 Å². The SMILES string of the molecule is Cc1cc(C#N)ccc1CNCC1(C)CCCS1. The van der Waals surface area contributed by atoms with Crippen molar-refractivity contribution in [2.24, 2.45) is 0 Å². The smallest absolute Gasteiger partial charge is 0.0991 e. The maximum atomic E-state index is 8.84. The molecule has 0 radical (unpaired) electrons. The standard InChI is InChI=1S/C15H20N2S/c1-12-8-13(9-16)4-5-14(12)10-17-11-15(2)6-3-7-18-15/h4-5,8,17H,3,6-7,10-11H2,1-2H3. The molecule has 96 valence electrons. The van der Waals surface area contributed by atoms with Crippen LogP contribution in [0.15, 0.2) is 18.2 Å². The summed E-state index contributed by atoms with van der Waals surface area (Å²) in [7, 11) is 0. The number of nitriles is 1. The first-order chi connectivity index (χ1) is 8.63. The summed E-state index contributed by atoms with van der Waals surface area (Å²) < 4.78 is 0.417. The molecule has 1 saturated heterocycles. The molecular formula is C15H20N2S. The van der Waals surface area contributed by atoms with E-state index >= 15 is 0 Å². The van der Waals surface area contributed by atoms with E-state index in [0.29, 0.717) is 4.75 Å². The van der Waals surface area contributed by atoms with Crippen molar-refractivity contribution in [2.75, 3.05) is 12.3 Å². The van der Waals surface area contributed by atoms with Crippen LogP contribution in [-0.4, -0.2) is 17.0 Å². The Labute approximate surface area is 114 Å². The van der Waals surface area contributed by atoms with E-state index in [9.17, 15) is 0 Å². The van der Waals surface area contributed by atoms with Crippen molar-refractivity contribution < 1.29 is 0 Å². The highest BCUT2D eigenvalue weighted by Gasteiger charge is 2.28. The fourth-order valence-corrected chi connectivity index (χ4v) is 3.68. The van der Waals surface area contributed by atoms with Crippen molar-refractivity contribution in [3.63, 3.8) is 0 Å². The van der Waals surface area contributed by atoms with Gasteiger partial charge in [0.15, 0.2) is 0 Å². The molecule has 1 fully saturated rings. The van der Waals surface area contributed by atoms with Crippen molar-refractivity contribution in [1.29, 1.82) is 5.26 Å². The zero-order valence-electron chi connectivity index (χ0n) is 11.1. The Bertz CT molecular complexity index is 456. The third-order valence-corrected chi connectivity index (χ3v) is 5.12. The van der Waals surface area contributed by atoms with Crippen molar-refractivity contribution in [3.05, 3.63) is 34.9 Å². The molecule has 0 saturated carbocycles. The molecule has 18 heavy (non-hydrogen) atoms. The highest BCUT2D eigenvalue weighted by Crippen LogP contribution is 2.36. The summed E-state index contributed by atoms with van der Waals surface area (Å²) in [6, 6.07) is 8.10. The topological polar surface area (TPSA) is 35.8 Å². The van der Waals surface area contributed by atoms with Gasteiger partial charge >= 0.3 is 0 Å². The second-order valence-corrected chi connectivity index (χ2v) is 6.94. The lowest BCUT2D eigenvalue weighted by atomic mass is 10.0. The molecule has 1 aromatic rings. The average molecular weight is 260 g/mol. The summed E-state index contributed by atoms with van der Waals surface area (Å²) >= 11 is 2.08. The molecule has 0 amide bonds. The van der Waals surface area contributed by atoms with Crippen LogP contribution < -0.4 is 5.32 Å². The van der Waals surface area contributed by atoms with Crippen LogP contribution in [0.3, 0.4) is 0 Å². The van der Waals surface area contributed by atoms with E-state index in [1.54, 1.807) is 0 Å². The summed E-state index contributed by atoms with van der Waals surface area (Å²) in [5, 5.41) is 12.4. The fraction of sp³-hybridized carbons (Fsp3) is 0.533. The highest BCUT2D eigenvalue weighted by atomic mass is 32.2. The van der Waals surface area contributed by atoms with Crippen molar-refractivity contribution in [1.82, 2.24) is 5.32 Å². The molecule has 2 rings (SSSR count). The van der Waals surface area contributed by atoms with Gasteiger partial charge in [0.05, 0.1) is 11.6 Å². The summed E-state index contributed by atoms with van der Waals surface area (Å²) in [5.74, 6) is 1.30. The van der Waals surface area contributed by atoms with Crippen LogP contribution in [0.2, 0.25) is 0 Å². The van der Waals surface area contributed by atoms with E-state index in [2.05, 4.69) is 43.1 Å². The summed E-state index contributed by atoms with van der Waals surface area (Å²) in [6.45, 7) is 6.39. The third kappa shape index (κ3) is 3.28. The van der Waals surface area contributed by atoms with Crippen molar-refractivity contribution in [3.8, 4) is 6.07 Å². The molecule has 2 nitrogen and oxygen atoms in total. The first-order valence-electron chi connectivity index (χ1n) is 6.47. The lowest BCUT2D eigenvalue weighted by Gasteiger charge is -2.23. The van der Waals surface area contributed by atoms with Gasteiger partial charge in [-0.2, -0.15) is 17.0 Å². The van der Waals surface area contributed by atoms with E-state index in [1.165, 1.54) is 29.7 Å². The predicted octanol–water partition coefficient (Wildman–Crippen LogP) is 3.24. The van der Waals surface area contributed by atoms with Crippen LogP contribution >= 0.6 is 11.8 Å². The quantitative estimate of drug-likeness (QED) is 0.902. The van der Waals surface area contributed by atoms with E-state index in [1.807, 2.05) is 12.1 Å². The Morgan fingerprint density at radius 1 is 1.50 bits per heavy atom. The predicted molar refractivity (Wildman–Crippen MR) is 77.7 cm³/mol. The molecule has 0 bridgehead atoms. The number of nitrogens with one attached hydrogen (secondary N) is 1. The number of nitrogens with zero attached hydrogens (tertiary/aromatic N) is 1. The Morgan fingerprint density at radius 3 is 2.94 bits per heavy atom. The zero-order valence-corrected chi connectivity index (χ0v) is 11.9. The van der Waals surface area contributed by atoms with Gasteiger partial charge in [-0.05, 0) is 55.7 Å².